The molecule has 0 spiro atoms. The van der Waals surface area contributed by atoms with E-state index in [1.165, 1.54) is 18.4 Å². The molecule has 88 valence electrons. The Morgan fingerprint density at radius 2 is 1.94 bits per heavy atom. The summed E-state index contributed by atoms with van der Waals surface area (Å²) in [5.41, 5.74) is 1.33. The molecule has 1 unspecified atom stereocenters. The average Bonchev–Trinajstić information content (AvgIpc) is 2.38. The molecule has 1 fully saturated rings. The third-order valence-corrected chi connectivity index (χ3v) is 3.29. The first kappa shape index (κ1) is 11.6. The van der Waals surface area contributed by atoms with Crippen LogP contribution in [-0.2, 0) is 4.74 Å². The van der Waals surface area contributed by atoms with Crippen LogP contribution in [0.25, 0.3) is 0 Å². The summed E-state index contributed by atoms with van der Waals surface area (Å²) in [5.74, 6) is 0.670. The second-order valence-electron chi connectivity index (χ2n) is 4.37. The molecule has 0 bridgehead atoms. The summed E-state index contributed by atoms with van der Waals surface area (Å²) in [5, 5.41) is 3.41. The van der Waals surface area contributed by atoms with Gasteiger partial charge in [0.1, 0.15) is 0 Å². The van der Waals surface area contributed by atoms with Crippen molar-refractivity contribution in [2.45, 2.75) is 25.9 Å². The van der Waals surface area contributed by atoms with Gasteiger partial charge in [0.25, 0.3) is 0 Å². The molecular weight excluding hydrogens is 198 g/mol. The summed E-state index contributed by atoms with van der Waals surface area (Å²) in [6.07, 6.45) is 2.73. The highest BCUT2D eigenvalue weighted by atomic mass is 16.5. The molecule has 0 aromatic heterocycles. The third-order valence-electron chi connectivity index (χ3n) is 3.29. The van der Waals surface area contributed by atoms with Crippen LogP contribution in [0, 0.1) is 5.92 Å². The smallest absolute Gasteiger partial charge is 0.0853 e. The van der Waals surface area contributed by atoms with E-state index < -0.39 is 0 Å². The first-order valence-electron chi connectivity index (χ1n) is 6.29. The molecule has 2 heteroatoms. The molecule has 16 heavy (non-hydrogen) atoms. The normalized spacial score (nSPS) is 19.6. The summed E-state index contributed by atoms with van der Waals surface area (Å²) in [7, 11) is 0. The van der Waals surface area contributed by atoms with Crippen molar-refractivity contribution in [2.75, 3.05) is 19.7 Å². The molecule has 0 aliphatic carbocycles. The van der Waals surface area contributed by atoms with Crippen LogP contribution < -0.4 is 5.32 Å². The van der Waals surface area contributed by atoms with Gasteiger partial charge in [-0.15, -0.1) is 0 Å². The maximum Gasteiger partial charge on any atom is 0.0853 e. The van der Waals surface area contributed by atoms with Gasteiger partial charge in [-0.3, -0.25) is 0 Å². The van der Waals surface area contributed by atoms with E-state index in [4.69, 9.17) is 4.74 Å². The molecule has 1 aromatic carbocycles. The molecule has 2 nitrogen and oxygen atoms in total. The number of nitrogens with one attached hydrogen (secondary N) is 1. The first-order chi connectivity index (χ1) is 7.92. The highest BCUT2D eigenvalue weighted by molar-refractivity contribution is 5.18. The lowest BCUT2D eigenvalue weighted by Crippen LogP contribution is -2.31. The Morgan fingerprint density at radius 1 is 1.25 bits per heavy atom. The van der Waals surface area contributed by atoms with Gasteiger partial charge in [0, 0.05) is 6.61 Å². The molecule has 1 aliphatic heterocycles. The van der Waals surface area contributed by atoms with Gasteiger partial charge in [-0.25, -0.2) is 0 Å². The molecule has 1 aliphatic rings. The van der Waals surface area contributed by atoms with Crippen LogP contribution in [0.4, 0.5) is 0 Å². The van der Waals surface area contributed by atoms with Crippen molar-refractivity contribution in [1.29, 1.82) is 0 Å². The third kappa shape index (κ3) is 2.83. The Morgan fingerprint density at radius 3 is 2.56 bits per heavy atom. The maximum atomic E-state index is 5.94. The van der Waals surface area contributed by atoms with Gasteiger partial charge in [0.05, 0.1) is 6.10 Å². The quantitative estimate of drug-likeness (QED) is 0.840. The predicted octanol–water partition coefficient (Wildman–Crippen LogP) is 2.76. The van der Waals surface area contributed by atoms with Gasteiger partial charge in [0.15, 0.2) is 0 Å². The zero-order chi connectivity index (χ0) is 11.2. The molecular formula is C14H21NO. The van der Waals surface area contributed by atoms with Gasteiger partial charge in [-0.2, -0.15) is 0 Å². The van der Waals surface area contributed by atoms with Gasteiger partial charge < -0.3 is 10.1 Å². The second kappa shape index (κ2) is 6.02. The first-order valence-corrected chi connectivity index (χ1v) is 6.29. The molecule has 1 heterocycles. The standard InChI is InChI=1S/C14H21NO/c1-2-16-14(12-6-4-3-5-7-12)13-8-10-15-11-9-13/h3-7,13-15H,2,8-11H2,1H3. The highest BCUT2D eigenvalue weighted by Crippen LogP contribution is 2.31. The highest BCUT2D eigenvalue weighted by Gasteiger charge is 2.24. The minimum atomic E-state index is 0.285. The number of rotatable bonds is 4. The van der Waals surface area contributed by atoms with E-state index >= 15 is 0 Å². The fourth-order valence-electron chi connectivity index (χ4n) is 2.47. The minimum Gasteiger partial charge on any atom is -0.374 e. The number of hydrogen-bond donors (Lipinski definition) is 1. The monoisotopic (exact) mass is 219 g/mol. The van der Waals surface area contributed by atoms with Crippen LogP contribution in [0.1, 0.15) is 31.4 Å². The van der Waals surface area contributed by atoms with E-state index in [9.17, 15) is 0 Å². The van der Waals surface area contributed by atoms with Crippen LogP contribution in [0.3, 0.4) is 0 Å². The lowest BCUT2D eigenvalue weighted by atomic mass is 9.88. The Kier molecular flexibility index (Phi) is 4.37. The van der Waals surface area contributed by atoms with Crippen LogP contribution in [0.2, 0.25) is 0 Å². The topological polar surface area (TPSA) is 21.3 Å². The maximum absolute atomic E-state index is 5.94. The lowest BCUT2D eigenvalue weighted by molar-refractivity contribution is 0.00798. The number of hydrogen-bond acceptors (Lipinski definition) is 2. The average molecular weight is 219 g/mol. The van der Waals surface area contributed by atoms with E-state index in [1.54, 1.807) is 0 Å². The van der Waals surface area contributed by atoms with Crippen LogP contribution in [-0.4, -0.2) is 19.7 Å². The fourth-order valence-corrected chi connectivity index (χ4v) is 2.47. The Hall–Kier alpha value is -0.860. The van der Waals surface area contributed by atoms with E-state index in [0.717, 1.165) is 19.7 Å². The lowest BCUT2D eigenvalue weighted by Gasteiger charge is -2.30. The Balaban J connectivity index is 2.09. The van der Waals surface area contributed by atoms with Crippen LogP contribution >= 0.6 is 0 Å². The summed E-state index contributed by atoms with van der Waals surface area (Å²) < 4.78 is 5.94. The zero-order valence-corrected chi connectivity index (χ0v) is 9.99. The summed E-state index contributed by atoms with van der Waals surface area (Å²) in [6.45, 7) is 5.13. The van der Waals surface area contributed by atoms with E-state index in [1.807, 2.05) is 0 Å². The molecule has 0 amide bonds. The molecule has 0 saturated carbocycles. The molecule has 1 N–H and O–H groups in total. The van der Waals surface area contributed by atoms with Crippen molar-refractivity contribution < 1.29 is 4.74 Å². The molecule has 1 atom stereocenters. The summed E-state index contributed by atoms with van der Waals surface area (Å²) >= 11 is 0. The van der Waals surface area contributed by atoms with Gasteiger partial charge in [0.2, 0.25) is 0 Å². The van der Waals surface area contributed by atoms with E-state index in [0.29, 0.717) is 5.92 Å². The van der Waals surface area contributed by atoms with Crippen LogP contribution in [0.15, 0.2) is 30.3 Å². The number of benzene rings is 1. The minimum absolute atomic E-state index is 0.285. The molecule has 0 radical (unpaired) electrons. The summed E-state index contributed by atoms with van der Waals surface area (Å²) in [4.78, 5) is 0. The Labute approximate surface area is 98.0 Å². The van der Waals surface area contributed by atoms with Crippen molar-refractivity contribution in [3.05, 3.63) is 35.9 Å². The fraction of sp³-hybridized carbons (Fsp3) is 0.571. The van der Waals surface area contributed by atoms with Crippen molar-refractivity contribution in [2.24, 2.45) is 5.92 Å². The van der Waals surface area contributed by atoms with Crippen molar-refractivity contribution in [3.63, 3.8) is 0 Å². The Bertz CT molecular complexity index is 293. The van der Waals surface area contributed by atoms with E-state index in [2.05, 4.69) is 42.6 Å². The largest absolute Gasteiger partial charge is 0.374 e. The van der Waals surface area contributed by atoms with Crippen molar-refractivity contribution in [3.8, 4) is 0 Å². The number of ether oxygens (including phenoxy) is 1. The van der Waals surface area contributed by atoms with Gasteiger partial charge in [-0.1, -0.05) is 30.3 Å². The van der Waals surface area contributed by atoms with Crippen LogP contribution in [0.5, 0.6) is 0 Å². The van der Waals surface area contributed by atoms with Crippen molar-refractivity contribution in [1.82, 2.24) is 5.32 Å². The summed E-state index contributed by atoms with van der Waals surface area (Å²) in [6, 6.07) is 10.6. The van der Waals surface area contributed by atoms with E-state index in [-0.39, 0.29) is 6.10 Å². The predicted molar refractivity (Wildman–Crippen MR) is 66.4 cm³/mol. The number of piperidine rings is 1. The molecule has 1 aromatic rings. The van der Waals surface area contributed by atoms with Crippen molar-refractivity contribution >= 4 is 0 Å². The molecule has 2 rings (SSSR count). The van der Waals surface area contributed by atoms with Gasteiger partial charge in [-0.05, 0) is 44.3 Å². The zero-order valence-electron chi connectivity index (χ0n) is 9.99. The SMILES string of the molecule is CCOC(c1ccccc1)C1CCNCC1. The molecule has 1 saturated heterocycles. The van der Waals surface area contributed by atoms with Gasteiger partial charge >= 0.3 is 0 Å². The second-order valence-corrected chi connectivity index (χ2v) is 4.37.